The molecule has 0 unspecified atom stereocenters. The minimum absolute atomic E-state index is 0.0947. The van der Waals surface area contributed by atoms with Gasteiger partial charge in [-0.15, -0.1) is 0 Å². The molecule has 0 bridgehead atoms. The van der Waals surface area contributed by atoms with Crippen LogP contribution in [0.15, 0.2) is 47.4 Å². The first-order valence-corrected chi connectivity index (χ1v) is 9.32. The van der Waals surface area contributed by atoms with Crippen molar-refractivity contribution in [3.05, 3.63) is 58.1 Å². The lowest BCUT2D eigenvalue weighted by Crippen LogP contribution is -2.30. The second-order valence-corrected chi connectivity index (χ2v) is 7.94. The molecule has 0 saturated carbocycles. The Hall–Kier alpha value is -1.60. The highest BCUT2D eigenvalue weighted by atomic mass is 35.5. The van der Waals surface area contributed by atoms with E-state index in [1.807, 2.05) is 0 Å². The van der Waals surface area contributed by atoms with Crippen molar-refractivity contribution in [1.29, 1.82) is 0 Å². The van der Waals surface area contributed by atoms with E-state index in [0.717, 1.165) is 0 Å². The van der Waals surface area contributed by atoms with Crippen molar-refractivity contribution in [2.24, 2.45) is 0 Å². The van der Waals surface area contributed by atoms with E-state index in [4.69, 9.17) is 23.2 Å². The van der Waals surface area contributed by atoms with E-state index in [0.29, 0.717) is 21.3 Å². The molecule has 0 radical (unpaired) electrons. The van der Waals surface area contributed by atoms with Gasteiger partial charge in [-0.2, -0.15) is 0 Å². The average molecular weight is 387 g/mol. The number of hydrogen-bond acceptors (Lipinski definition) is 3. The zero-order valence-electron chi connectivity index (χ0n) is 13.0. The predicted octanol–water partition coefficient (Wildman–Crippen LogP) is 3.93. The highest BCUT2D eigenvalue weighted by Gasteiger charge is 2.16. The second kappa shape index (κ2) is 7.53. The standard InChI is InChI=1S/C16H16Cl2N2O3S/c1-10(2)20-24(22,23)13-6-3-11(4-7-13)16(21)19-15-8-5-12(17)9-14(15)18/h3-10,20H,1-2H3,(H,19,21). The molecule has 2 rings (SSSR count). The summed E-state index contributed by atoms with van der Waals surface area (Å²) >= 11 is 11.8. The maximum atomic E-state index is 12.2. The lowest BCUT2D eigenvalue weighted by molar-refractivity contribution is 0.102. The lowest BCUT2D eigenvalue weighted by Gasteiger charge is -2.10. The van der Waals surface area contributed by atoms with Crippen LogP contribution in [0.1, 0.15) is 24.2 Å². The van der Waals surface area contributed by atoms with Gasteiger partial charge in [-0.25, -0.2) is 13.1 Å². The first kappa shape index (κ1) is 18.7. The highest BCUT2D eigenvalue weighted by molar-refractivity contribution is 7.89. The molecule has 8 heteroatoms. The molecule has 0 aliphatic heterocycles. The predicted molar refractivity (Wildman–Crippen MR) is 96.3 cm³/mol. The van der Waals surface area contributed by atoms with Crippen LogP contribution < -0.4 is 10.0 Å². The van der Waals surface area contributed by atoms with Crippen molar-refractivity contribution in [2.45, 2.75) is 24.8 Å². The Labute approximate surface area is 151 Å². The molecule has 128 valence electrons. The van der Waals surface area contributed by atoms with Crippen LogP contribution in [-0.4, -0.2) is 20.4 Å². The van der Waals surface area contributed by atoms with Gasteiger partial charge in [-0.05, 0) is 56.3 Å². The Morgan fingerprint density at radius 2 is 1.67 bits per heavy atom. The van der Waals surface area contributed by atoms with E-state index < -0.39 is 15.9 Å². The Morgan fingerprint density at radius 1 is 1.04 bits per heavy atom. The van der Waals surface area contributed by atoms with E-state index in [1.54, 1.807) is 26.0 Å². The molecular weight excluding hydrogens is 371 g/mol. The van der Waals surface area contributed by atoms with Gasteiger partial charge in [0.2, 0.25) is 10.0 Å². The van der Waals surface area contributed by atoms with E-state index >= 15 is 0 Å². The van der Waals surface area contributed by atoms with Crippen LogP contribution in [0.4, 0.5) is 5.69 Å². The molecule has 0 aromatic heterocycles. The molecule has 2 aromatic carbocycles. The molecule has 0 aliphatic rings. The fourth-order valence-corrected chi connectivity index (χ4v) is 3.66. The maximum absolute atomic E-state index is 12.2. The molecule has 0 saturated heterocycles. The first-order valence-electron chi connectivity index (χ1n) is 7.08. The third kappa shape index (κ3) is 4.70. The van der Waals surface area contributed by atoms with Crippen LogP contribution in [0.3, 0.4) is 0 Å². The molecule has 2 aromatic rings. The van der Waals surface area contributed by atoms with Gasteiger partial charge in [0.1, 0.15) is 0 Å². The van der Waals surface area contributed by atoms with Gasteiger partial charge in [0, 0.05) is 16.6 Å². The van der Waals surface area contributed by atoms with Crippen molar-refractivity contribution in [3.8, 4) is 0 Å². The van der Waals surface area contributed by atoms with Gasteiger partial charge >= 0.3 is 0 Å². The third-order valence-electron chi connectivity index (χ3n) is 3.00. The summed E-state index contributed by atoms with van der Waals surface area (Å²) in [4.78, 5) is 12.3. The van der Waals surface area contributed by atoms with Gasteiger partial charge in [-0.3, -0.25) is 4.79 Å². The number of benzene rings is 2. The van der Waals surface area contributed by atoms with Gasteiger partial charge in [0.25, 0.3) is 5.91 Å². The van der Waals surface area contributed by atoms with Crippen molar-refractivity contribution >= 4 is 44.8 Å². The number of hydrogen-bond donors (Lipinski definition) is 2. The van der Waals surface area contributed by atoms with Crippen LogP contribution in [0, 0.1) is 0 Å². The molecule has 0 aliphatic carbocycles. The van der Waals surface area contributed by atoms with Crippen LogP contribution in [-0.2, 0) is 10.0 Å². The monoisotopic (exact) mass is 386 g/mol. The van der Waals surface area contributed by atoms with Gasteiger partial charge in [0.05, 0.1) is 15.6 Å². The zero-order chi connectivity index (χ0) is 17.9. The molecule has 0 atom stereocenters. The smallest absolute Gasteiger partial charge is 0.255 e. The first-order chi connectivity index (χ1) is 11.2. The number of anilines is 1. The number of rotatable bonds is 5. The van der Waals surface area contributed by atoms with Crippen LogP contribution in [0.25, 0.3) is 0 Å². The quantitative estimate of drug-likeness (QED) is 0.816. The maximum Gasteiger partial charge on any atom is 0.255 e. The lowest BCUT2D eigenvalue weighted by atomic mass is 10.2. The summed E-state index contributed by atoms with van der Waals surface area (Å²) in [5.41, 5.74) is 0.730. The minimum atomic E-state index is -3.59. The normalized spacial score (nSPS) is 11.5. The molecule has 1 amide bonds. The Balaban J connectivity index is 2.17. The number of sulfonamides is 1. The number of amides is 1. The minimum Gasteiger partial charge on any atom is -0.321 e. The summed E-state index contributed by atoms with van der Waals surface area (Å²) in [5, 5.41) is 3.43. The summed E-state index contributed by atoms with van der Waals surface area (Å²) in [6.45, 7) is 3.46. The van der Waals surface area contributed by atoms with Crippen LogP contribution >= 0.6 is 23.2 Å². The Morgan fingerprint density at radius 3 is 2.21 bits per heavy atom. The summed E-state index contributed by atoms with van der Waals surface area (Å²) < 4.78 is 26.6. The van der Waals surface area contributed by atoms with Crippen LogP contribution in [0.2, 0.25) is 10.0 Å². The van der Waals surface area contributed by atoms with Gasteiger partial charge in [-0.1, -0.05) is 23.2 Å². The molecular formula is C16H16Cl2N2O3S. The van der Waals surface area contributed by atoms with Crippen molar-refractivity contribution < 1.29 is 13.2 Å². The van der Waals surface area contributed by atoms with Gasteiger partial charge in [0.15, 0.2) is 0 Å². The number of carbonyl (C=O) groups excluding carboxylic acids is 1. The molecule has 2 N–H and O–H groups in total. The third-order valence-corrected chi connectivity index (χ3v) is 5.22. The second-order valence-electron chi connectivity index (χ2n) is 5.38. The molecule has 0 fully saturated rings. The fraction of sp³-hybridized carbons (Fsp3) is 0.188. The zero-order valence-corrected chi connectivity index (χ0v) is 15.3. The average Bonchev–Trinajstić information content (AvgIpc) is 2.49. The largest absolute Gasteiger partial charge is 0.321 e. The summed E-state index contributed by atoms with van der Waals surface area (Å²) in [6.07, 6.45) is 0. The SMILES string of the molecule is CC(C)NS(=O)(=O)c1ccc(C(=O)Nc2ccc(Cl)cc2Cl)cc1. The highest BCUT2D eigenvalue weighted by Crippen LogP contribution is 2.25. The van der Waals surface area contributed by atoms with E-state index in [9.17, 15) is 13.2 Å². The van der Waals surface area contributed by atoms with Crippen molar-refractivity contribution in [3.63, 3.8) is 0 Å². The molecule has 5 nitrogen and oxygen atoms in total. The summed E-state index contributed by atoms with van der Waals surface area (Å²) in [5.74, 6) is -0.403. The van der Waals surface area contributed by atoms with E-state index in [-0.39, 0.29) is 10.9 Å². The molecule has 0 heterocycles. The summed E-state index contributed by atoms with van der Waals surface area (Å²) in [6, 6.07) is 10.1. The number of halogens is 2. The van der Waals surface area contributed by atoms with E-state index in [1.165, 1.54) is 30.3 Å². The molecule has 0 spiro atoms. The van der Waals surface area contributed by atoms with Crippen LogP contribution in [0.5, 0.6) is 0 Å². The molecule has 24 heavy (non-hydrogen) atoms. The Bertz CT molecular complexity index is 850. The van der Waals surface area contributed by atoms with Crippen molar-refractivity contribution in [1.82, 2.24) is 4.72 Å². The summed E-state index contributed by atoms with van der Waals surface area (Å²) in [7, 11) is -3.59. The van der Waals surface area contributed by atoms with Crippen molar-refractivity contribution in [2.75, 3.05) is 5.32 Å². The fourth-order valence-electron chi connectivity index (χ4n) is 1.95. The Kier molecular flexibility index (Phi) is 5.87. The number of nitrogens with one attached hydrogen (secondary N) is 2. The van der Waals surface area contributed by atoms with E-state index in [2.05, 4.69) is 10.0 Å². The number of carbonyl (C=O) groups is 1. The van der Waals surface area contributed by atoms with Gasteiger partial charge < -0.3 is 5.32 Å². The topological polar surface area (TPSA) is 75.3 Å².